The third-order valence-electron chi connectivity index (χ3n) is 2.05. The van der Waals surface area contributed by atoms with Crippen LogP contribution >= 0.6 is 11.8 Å². The number of pyridine rings is 1. The smallest absolute Gasteiger partial charge is 0.388 e. The maximum Gasteiger partial charge on any atom is 0.419 e. The highest BCUT2D eigenvalue weighted by atomic mass is 32.2. The lowest BCUT2D eigenvalue weighted by Crippen LogP contribution is -2.12. The van der Waals surface area contributed by atoms with E-state index >= 15 is 0 Å². The Morgan fingerprint density at radius 3 is 2.70 bits per heavy atom. The van der Waals surface area contributed by atoms with Gasteiger partial charge in [-0.2, -0.15) is 23.7 Å². The minimum atomic E-state index is -4.43. The SMILES string of the molecule is N#CC(C#N)=CNCCSc1ncccc1C(F)(F)F. The molecule has 20 heavy (non-hydrogen) atoms. The van der Waals surface area contributed by atoms with Gasteiger partial charge in [0, 0.05) is 24.7 Å². The van der Waals surface area contributed by atoms with E-state index < -0.39 is 11.7 Å². The van der Waals surface area contributed by atoms with Crippen molar-refractivity contribution in [2.24, 2.45) is 0 Å². The number of allylic oxidation sites excluding steroid dienone is 1. The lowest BCUT2D eigenvalue weighted by Gasteiger charge is -2.10. The van der Waals surface area contributed by atoms with Crippen molar-refractivity contribution in [3.8, 4) is 12.1 Å². The Morgan fingerprint density at radius 1 is 1.40 bits per heavy atom. The molecule has 0 aromatic carbocycles. The van der Waals surface area contributed by atoms with Gasteiger partial charge in [0.1, 0.15) is 22.7 Å². The van der Waals surface area contributed by atoms with Crippen molar-refractivity contribution in [1.29, 1.82) is 10.5 Å². The molecule has 8 heteroatoms. The van der Waals surface area contributed by atoms with E-state index in [1.165, 1.54) is 18.5 Å². The van der Waals surface area contributed by atoms with E-state index in [-0.39, 0.29) is 10.6 Å². The summed E-state index contributed by atoms with van der Waals surface area (Å²) in [7, 11) is 0. The first-order chi connectivity index (χ1) is 9.49. The van der Waals surface area contributed by atoms with Crippen LogP contribution in [0, 0.1) is 22.7 Å². The minimum Gasteiger partial charge on any atom is -0.388 e. The zero-order chi connectivity index (χ0) is 15.0. The molecule has 1 aromatic rings. The molecule has 0 aliphatic rings. The number of hydrogen-bond acceptors (Lipinski definition) is 5. The van der Waals surface area contributed by atoms with Gasteiger partial charge in [0.15, 0.2) is 0 Å². The standard InChI is InChI=1S/C12H9F3N4S/c13-12(14,15)10-2-1-3-19-11(10)20-5-4-18-8-9(6-16)7-17/h1-3,8,18H,4-5H2. The molecule has 0 aliphatic carbocycles. The largest absolute Gasteiger partial charge is 0.419 e. The highest BCUT2D eigenvalue weighted by Crippen LogP contribution is 2.34. The van der Waals surface area contributed by atoms with Gasteiger partial charge in [-0.25, -0.2) is 4.98 Å². The first kappa shape index (κ1) is 15.9. The van der Waals surface area contributed by atoms with Crippen LogP contribution in [0.15, 0.2) is 35.1 Å². The Hall–Kier alpha value is -2.19. The fraction of sp³-hybridized carbons (Fsp3) is 0.250. The van der Waals surface area contributed by atoms with Gasteiger partial charge in [0.2, 0.25) is 0 Å². The number of halogens is 3. The van der Waals surface area contributed by atoms with Crippen LogP contribution < -0.4 is 5.32 Å². The molecule has 1 N–H and O–H groups in total. The number of nitriles is 2. The molecule has 1 rings (SSSR count). The summed E-state index contributed by atoms with van der Waals surface area (Å²) in [6, 6.07) is 5.53. The molecule has 1 heterocycles. The third-order valence-corrected chi connectivity index (χ3v) is 3.06. The normalized spacial score (nSPS) is 10.2. The molecule has 0 atom stereocenters. The molecule has 1 aromatic heterocycles. The molecule has 0 fully saturated rings. The van der Waals surface area contributed by atoms with Gasteiger partial charge in [-0.1, -0.05) is 0 Å². The summed E-state index contributed by atoms with van der Waals surface area (Å²) in [6.07, 6.45) is -1.91. The number of thioether (sulfide) groups is 1. The summed E-state index contributed by atoms with van der Waals surface area (Å²) < 4.78 is 38.0. The van der Waals surface area contributed by atoms with Crippen molar-refractivity contribution in [2.45, 2.75) is 11.2 Å². The van der Waals surface area contributed by atoms with Gasteiger partial charge in [0.05, 0.1) is 5.56 Å². The summed E-state index contributed by atoms with van der Waals surface area (Å²) in [4.78, 5) is 3.71. The van der Waals surface area contributed by atoms with E-state index in [4.69, 9.17) is 10.5 Å². The number of aromatic nitrogens is 1. The van der Waals surface area contributed by atoms with Gasteiger partial charge in [-0.3, -0.25) is 0 Å². The fourth-order valence-corrected chi connectivity index (χ4v) is 2.08. The Labute approximate surface area is 117 Å². The highest BCUT2D eigenvalue weighted by molar-refractivity contribution is 7.99. The van der Waals surface area contributed by atoms with Gasteiger partial charge in [0.25, 0.3) is 0 Å². The molecule has 104 valence electrons. The van der Waals surface area contributed by atoms with Crippen LogP contribution in [-0.2, 0) is 6.18 Å². The summed E-state index contributed by atoms with van der Waals surface area (Å²) in [5.74, 6) is 0.320. The van der Waals surface area contributed by atoms with Crippen molar-refractivity contribution < 1.29 is 13.2 Å². The van der Waals surface area contributed by atoms with E-state index in [0.717, 1.165) is 17.8 Å². The molecule has 0 radical (unpaired) electrons. The Balaban J connectivity index is 2.54. The topological polar surface area (TPSA) is 72.5 Å². The third kappa shape index (κ3) is 4.82. The molecular weight excluding hydrogens is 289 g/mol. The first-order valence-corrected chi connectivity index (χ1v) is 6.36. The van der Waals surface area contributed by atoms with E-state index in [2.05, 4.69) is 10.3 Å². The first-order valence-electron chi connectivity index (χ1n) is 5.38. The number of nitrogens with one attached hydrogen (secondary N) is 1. The van der Waals surface area contributed by atoms with Crippen molar-refractivity contribution in [3.05, 3.63) is 35.7 Å². The van der Waals surface area contributed by atoms with Crippen molar-refractivity contribution in [1.82, 2.24) is 10.3 Å². The Bertz CT molecular complexity index is 553. The second-order valence-electron chi connectivity index (χ2n) is 3.44. The average Bonchev–Trinajstić information content (AvgIpc) is 2.42. The maximum atomic E-state index is 12.7. The van der Waals surface area contributed by atoms with Crippen LogP contribution in [0.4, 0.5) is 13.2 Å². The van der Waals surface area contributed by atoms with Crippen LogP contribution in [-0.4, -0.2) is 17.3 Å². The minimum absolute atomic E-state index is 0.0911. The molecule has 0 amide bonds. The van der Waals surface area contributed by atoms with Crippen molar-refractivity contribution in [2.75, 3.05) is 12.3 Å². The van der Waals surface area contributed by atoms with E-state index in [9.17, 15) is 13.2 Å². The zero-order valence-corrected chi connectivity index (χ0v) is 10.9. The summed E-state index contributed by atoms with van der Waals surface area (Å²) in [6.45, 7) is 0.311. The second-order valence-corrected chi connectivity index (χ2v) is 4.52. The van der Waals surface area contributed by atoms with Gasteiger partial charge >= 0.3 is 6.18 Å². The lowest BCUT2D eigenvalue weighted by atomic mass is 10.3. The molecule has 0 bridgehead atoms. The van der Waals surface area contributed by atoms with Gasteiger partial charge in [-0.15, -0.1) is 11.8 Å². The van der Waals surface area contributed by atoms with Crippen LogP contribution in [0.2, 0.25) is 0 Å². The number of rotatable bonds is 5. The molecule has 0 spiro atoms. The summed E-state index contributed by atoms with van der Waals surface area (Å²) >= 11 is 0.952. The van der Waals surface area contributed by atoms with Crippen LogP contribution in [0.3, 0.4) is 0 Å². The highest BCUT2D eigenvalue weighted by Gasteiger charge is 2.33. The zero-order valence-electron chi connectivity index (χ0n) is 10.1. The average molecular weight is 298 g/mol. The van der Waals surface area contributed by atoms with E-state index in [1.54, 1.807) is 12.1 Å². The number of nitrogens with zero attached hydrogens (tertiary/aromatic N) is 3. The van der Waals surface area contributed by atoms with Crippen LogP contribution in [0.5, 0.6) is 0 Å². The molecule has 0 saturated carbocycles. The Morgan fingerprint density at radius 2 is 2.10 bits per heavy atom. The van der Waals surface area contributed by atoms with E-state index in [0.29, 0.717) is 12.3 Å². The number of alkyl halides is 3. The van der Waals surface area contributed by atoms with Crippen molar-refractivity contribution >= 4 is 11.8 Å². The summed E-state index contributed by atoms with van der Waals surface area (Å²) in [5, 5.41) is 19.5. The lowest BCUT2D eigenvalue weighted by molar-refractivity contribution is -0.140. The monoisotopic (exact) mass is 298 g/mol. The predicted octanol–water partition coefficient (Wildman–Crippen LogP) is 2.71. The molecule has 0 saturated heterocycles. The van der Waals surface area contributed by atoms with Crippen molar-refractivity contribution in [3.63, 3.8) is 0 Å². The predicted molar refractivity (Wildman–Crippen MR) is 67.3 cm³/mol. The van der Waals surface area contributed by atoms with Crippen LogP contribution in [0.25, 0.3) is 0 Å². The quantitative estimate of drug-likeness (QED) is 0.514. The van der Waals surface area contributed by atoms with E-state index in [1.807, 2.05) is 0 Å². The summed E-state index contributed by atoms with van der Waals surface area (Å²) in [5.41, 5.74) is -0.862. The maximum absolute atomic E-state index is 12.7. The Kier molecular flexibility index (Phi) is 5.88. The van der Waals surface area contributed by atoms with Crippen LogP contribution in [0.1, 0.15) is 5.56 Å². The molecule has 0 unspecified atom stereocenters. The second kappa shape index (κ2) is 7.41. The van der Waals surface area contributed by atoms with Gasteiger partial charge < -0.3 is 5.32 Å². The molecule has 4 nitrogen and oxygen atoms in total. The molecular formula is C12H9F3N4S. The molecule has 0 aliphatic heterocycles. The number of hydrogen-bond donors (Lipinski definition) is 1. The van der Waals surface area contributed by atoms with Gasteiger partial charge in [-0.05, 0) is 12.1 Å². The fourth-order valence-electron chi connectivity index (χ4n) is 1.19.